The van der Waals surface area contributed by atoms with E-state index in [9.17, 15) is 0 Å². The third-order valence-corrected chi connectivity index (χ3v) is 6.26. The summed E-state index contributed by atoms with van der Waals surface area (Å²) in [7, 11) is 0. The Balaban J connectivity index is 1.45. The molecule has 4 heterocycles. The van der Waals surface area contributed by atoms with Gasteiger partial charge in [-0.05, 0) is 50.2 Å². The van der Waals surface area contributed by atoms with Crippen molar-refractivity contribution in [1.29, 1.82) is 0 Å². The number of nitrogens with zero attached hydrogens (tertiary/aromatic N) is 5. The summed E-state index contributed by atoms with van der Waals surface area (Å²) < 4.78 is 21.1. The van der Waals surface area contributed by atoms with E-state index in [2.05, 4.69) is 42.0 Å². The molecule has 9 heteroatoms. The maximum Gasteiger partial charge on any atom is 0.326 e. The van der Waals surface area contributed by atoms with Crippen LogP contribution in [0.25, 0.3) is 10.9 Å². The molecule has 8 nitrogen and oxygen atoms in total. The van der Waals surface area contributed by atoms with E-state index in [1.807, 2.05) is 38.1 Å². The number of benzene rings is 1. The quantitative estimate of drug-likeness (QED) is 0.539. The zero-order valence-electron chi connectivity index (χ0n) is 20.3. The Labute approximate surface area is 204 Å². The zero-order valence-corrected chi connectivity index (χ0v) is 20.3. The maximum absolute atomic E-state index is 15.2. The minimum absolute atomic E-state index is 0.0869. The van der Waals surface area contributed by atoms with Gasteiger partial charge in [-0.25, -0.2) is 4.39 Å². The Hall–Kier alpha value is -3.72. The number of nitrogens with one attached hydrogen (secondary N) is 2. The number of rotatable bonds is 6. The number of piperazine rings is 1. The van der Waals surface area contributed by atoms with Gasteiger partial charge < -0.3 is 24.8 Å². The molecule has 3 aromatic rings. The van der Waals surface area contributed by atoms with E-state index >= 15 is 4.39 Å². The van der Waals surface area contributed by atoms with Gasteiger partial charge in [0.15, 0.2) is 11.6 Å². The molecule has 1 aromatic carbocycles. The second kappa shape index (κ2) is 9.87. The number of hydrogen-bond acceptors (Lipinski definition) is 7. The van der Waals surface area contributed by atoms with Crippen LogP contribution < -0.4 is 15.0 Å². The molecule has 0 bridgehead atoms. The van der Waals surface area contributed by atoms with Gasteiger partial charge in [-0.1, -0.05) is 19.1 Å². The van der Waals surface area contributed by atoms with E-state index in [1.54, 1.807) is 18.2 Å². The maximum atomic E-state index is 15.2. The molecule has 182 valence electrons. The fraction of sp³-hybridized carbons (Fsp3) is 0.346. The Morgan fingerprint density at radius 2 is 2.00 bits per heavy atom. The molecule has 2 N–H and O–H groups in total. The summed E-state index contributed by atoms with van der Waals surface area (Å²) in [4.78, 5) is 21.5. The molecule has 0 unspecified atom stereocenters. The second-order valence-electron chi connectivity index (χ2n) is 8.75. The van der Waals surface area contributed by atoms with Crippen molar-refractivity contribution in [2.45, 2.75) is 20.8 Å². The van der Waals surface area contributed by atoms with E-state index in [0.29, 0.717) is 17.7 Å². The largest absolute Gasteiger partial charge is 0.421 e. The van der Waals surface area contributed by atoms with Gasteiger partial charge in [0.05, 0.1) is 6.54 Å². The van der Waals surface area contributed by atoms with Gasteiger partial charge in [0.1, 0.15) is 17.5 Å². The molecule has 1 saturated heterocycles. The number of fused-ring (bicyclic) bond motifs is 1. The third-order valence-electron chi connectivity index (χ3n) is 6.26. The Morgan fingerprint density at radius 1 is 1.17 bits per heavy atom. The average Bonchev–Trinajstić information content (AvgIpc) is 3.47. The van der Waals surface area contributed by atoms with Gasteiger partial charge >= 0.3 is 6.01 Å². The Kier molecular flexibility index (Phi) is 6.50. The number of H-pyrrole nitrogens is 1. The van der Waals surface area contributed by atoms with Crippen molar-refractivity contribution in [3.05, 3.63) is 59.6 Å². The molecule has 0 aliphatic carbocycles. The smallest absolute Gasteiger partial charge is 0.326 e. The molecule has 2 aliphatic heterocycles. The number of aromatic nitrogens is 3. The number of aliphatic imine (C=N–C) groups is 1. The van der Waals surface area contributed by atoms with Gasteiger partial charge in [-0.3, -0.25) is 4.99 Å². The number of aromatic amines is 1. The van der Waals surface area contributed by atoms with Crippen molar-refractivity contribution < 1.29 is 9.13 Å². The monoisotopic (exact) mass is 475 g/mol. The highest BCUT2D eigenvalue weighted by molar-refractivity contribution is 6.05. The van der Waals surface area contributed by atoms with Crippen molar-refractivity contribution in [2.24, 2.45) is 4.99 Å². The first kappa shape index (κ1) is 23.0. The van der Waals surface area contributed by atoms with Crippen LogP contribution in [0.15, 0.2) is 53.1 Å². The lowest BCUT2D eigenvalue weighted by Gasteiger charge is -2.34. The van der Waals surface area contributed by atoms with E-state index in [1.165, 1.54) is 0 Å². The fourth-order valence-electron chi connectivity index (χ4n) is 4.41. The average molecular weight is 476 g/mol. The number of allylic oxidation sites excluding steroid dienone is 1. The van der Waals surface area contributed by atoms with Crippen LogP contribution in [0.5, 0.6) is 11.8 Å². The number of hydrogen-bond donors (Lipinski definition) is 2. The minimum atomic E-state index is -0.439. The van der Waals surface area contributed by atoms with E-state index in [-0.39, 0.29) is 11.8 Å². The highest BCUT2D eigenvalue weighted by Crippen LogP contribution is 2.31. The molecular weight excluding hydrogens is 445 g/mol. The summed E-state index contributed by atoms with van der Waals surface area (Å²) in [6.07, 6.45) is 6.02. The van der Waals surface area contributed by atoms with Crippen molar-refractivity contribution in [3.63, 3.8) is 0 Å². The number of amidine groups is 1. The molecule has 0 spiro atoms. The molecule has 1 fully saturated rings. The molecule has 0 saturated carbocycles. The van der Waals surface area contributed by atoms with Gasteiger partial charge in [0, 0.05) is 48.8 Å². The number of ether oxygens (including phenoxy) is 1. The normalized spacial score (nSPS) is 16.7. The van der Waals surface area contributed by atoms with Crippen molar-refractivity contribution in [3.8, 4) is 11.8 Å². The predicted octanol–water partition coefficient (Wildman–Crippen LogP) is 4.67. The van der Waals surface area contributed by atoms with Gasteiger partial charge in [0.25, 0.3) is 0 Å². The SMILES string of the molecule is C/C=C/C1=CC(Nc2cc(N3CCN(CC)CC3)nc(Oc3ccc4[nH]c(C)cc4c3F)n2)=NC1. The molecule has 2 aliphatic rings. The first-order valence-corrected chi connectivity index (χ1v) is 12.0. The predicted molar refractivity (Wildman–Crippen MR) is 138 cm³/mol. The molecule has 0 amide bonds. The van der Waals surface area contributed by atoms with Crippen molar-refractivity contribution in [1.82, 2.24) is 19.9 Å². The summed E-state index contributed by atoms with van der Waals surface area (Å²) in [5, 5.41) is 3.75. The highest BCUT2D eigenvalue weighted by atomic mass is 19.1. The fourth-order valence-corrected chi connectivity index (χ4v) is 4.41. The van der Waals surface area contributed by atoms with E-state index in [0.717, 1.165) is 61.2 Å². The molecule has 2 aromatic heterocycles. The first-order valence-electron chi connectivity index (χ1n) is 12.0. The molecule has 5 rings (SSSR count). The number of anilines is 2. The lowest BCUT2D eigenvalue weighted by Crippen LogP contribution is -2.46. The molecule has 35 heavy (non-hydrogen) atoms. The number of halogens is 1. The molecular formula is C26H30FN7O. The number of aryl methyl sites for hydroxylation is 1. The standard InChI is InChI=1S/C26H30FN7O/c1-4-6-18-14-22(28-16-18)30-23-15-24(34-11-9-33(5-2)10-12-34)32-26(31-23)35-21-8-7-20-19(25(21)27)13-17(3)29-20/h4,6-8,13-15,29H,5,9-12,16H2,1-3H3,(H,28,30,31,32)/b6-4+. The van der Waals surface area contributed by atoms with Gasteiger partial charge in [-0.15, -0.1) is 0 Å². The van der Waals surface area contributed by atoms with Crippen LogP contribution in [0.4, 0.5) is 16.0 Å². The van der Waals surface area contributed by atoms with Crippen LogP contribution in [-0.2, 0) is 0 Å². The van der Waals surface area contributed by atoms with E-state index < -0.39 is 5.82 Å². The van der Waals surface area contributed by atoms with E-state index in [4.69, 9.17) is 4.74 Å². The minimum Gasteiger partial charge on any atom is -0.421 e. The summed E-state index contributed by atoms with van der Waals surface area (Å²) in [5.74, 6) is 1.66. The van der Waals surface area contributed by atoms with Crippen LogP contribution >= 0.6 is 0 Å². The summed E-state index contributed by atoms with van der Waals surface area (Å²) in [6.45, 7) is 11.3. The second-order valence-corrected chi connectivity index (χ2v) is 8.75. The first-order chi connectivity index (χ1) is 17.0. The van der Waals surface area contributed by atoms with Gasteiger partial charge in [-0.2, -0.15) is 9.97 Å². The lowest BCUT2D eigenvalue weighted by atomic mass is 10.2. The Bertz CT molecular complexity index is 1320. The summed E-state index contributed by atoms with van der Waals surface area (Å²) in [5.41, 5.74) is 2.73. The third kappa shape index (κ3) is 5.05. The zero-order chi connectivity index (χ0) is 24.4. The number of likely N-dealkylation sites (N-methyl/N-ethyl adjacent to an activating group) is 1. The van der Waals surface area contributed by atoms with Gasteiger partial charge in [0.2, 0.25) is 0 Å². The van der Waals surface area contributed by atoms with Crippen LogP contribution in [0.2, 0.25) is 0 Å². The van der Waals surface area contributed by atoms with Crippen molar-refractivity contribution >= 4 is 28.4 Å². The summed E-state index contributed by atoms with van der Waals surface area (Å²) >= 11 is 0. The highest BCUT2D eigenvalue weighted by Gasteiger charge is 2.20. The Morgan fingerprint density at radius 3 is 2.77 bits per heavy atom. The molecule has 0 atom stereocenters. The molecule has 0 radical (unpaired) electrons. The lowest BCUT2D eigenvalue weighted by molar-refractivity contribution is 0.270. The topological polar surface area (TPSA) is 81.7 Å². The van der Waals surface area contributed by atoms with Crippen LogP contribution in [0.1, 0.15) is 19.5 Å². The van der Waals surface area contributed by atoms with Crippen LogP contribution in [0, 0.1) is 12.7 Å². The summed E-state index contributed by atoms with van der Waals surface area (Å²) in [6, 6.07) is 7.15. The van der Waals surface area contributed by atoms with Crippen LogP contribution in [-0.4, -0.2) is 65.0 Å². The van der Waals surface area contributed by atoms with Crippen molar-refractivity contribution in [2.75, 3.05) is 49.5 Å². The van der Waals surface area contributed by atoms with Crippen LogP contribution in [0.3, 0.4) is 0 Å².